The van der Waals surface area contributed by atoms with Gasteiger partial charge in [-0.3, -0.25) is 14.8 Å². The van der Waals surface area contributed by atoms with Gasteiger partial charge in [0.2, 0.25) is 5.78 Å². The molecule has 2 aromatic carbocycles. The summed E-state index contributed by atoms with van der Waals surface area (Å²) in [4.78, 5) is 22.2. The van der Waals surface area contributed by atoms with Crippen LogP contribution in [0.3, 0.4) is 0 Å². The minimum absolute atomic E-state index is 0.280. The van der Waals surface area contributed by atoms with Crippen LogP contribution in [-0.2, 0) is 0 Å². The monoisotopic (exact) mass is 366 g/mol. The van der Waals surface area contributed by atoms with Gasteiger partial charge in [-0.1, -0.05) is 48.5 Å². The van der Waals surface area contributed by atoms with Crippen molar-refractivity contribution in [2.45, 2.75) is 0 Å². The summed E-state index contributed by atoms with van der Waals surface area (Å²) in [7, 11) is 0. The van der Waals surface area contributed by atoms with Gasteiger partial charge < -0.3 is 11.5 Å². The van der Waals surface area contributed by atoms with Crippen molar-refractivity contribution in [2.75, 3.05) is 11.5 Å². The Labute approximate surface area is 162 Å². The van der Waals surface area contributed by atoms with Crippen molar-refractivity contribution in [3.63, 3.8) is 0 Å². The first kappa shape index (κ1) is 17.4. The second-order valence-corrected chi connectivity index (χ2v) is 6.30. The average molecular weight is 366 g/mol. The van der Waals surface area contributed by atoms with Gasteiger partial charge in [0.1, 0.15) is 11.4 Å². The number of anilines is 2. The van der Waals surface area contributed by atoms with Crippen LogP contribution in [0.4, 0.5) is 11.4 Å². The highest BCUT2D eigenvalue weighted by molar-refractivity contribution is 6.14. The van der Waals surface area contributed by atoms with Crippen molar-refractivity contribution in [2.24, 2.45) is 0 Å². The molecular weight excluding hydrogens is 348 g/mol. The zero-order valence-electron chi connectivity index (χ0n) is 15.0. The number of nitrogen functional groups attached to an aromatic ring is 2. The van der Waals surface area contributed by atoms with Crippen LogP contribution in [0.25, 0.3) is 22.3 Å². The molecule has 4 aromatic rings. The predicted octanol–water partition coefficient (Wildman–Crippen LogP) is 4.21. The summed E-state index contributed by atoms with van der Waals surface area (Å²) in [5.74, 6) is -0.280. The first-order valence-corrected chi connectivity index (χ1v) is 8.81. The average Bonchev–Trinajstić information content (AvgIpc) is 2.74. The summed E-state index contributed by atoms with van der Waals surface area (Å²) >= 11 is 0. The number of carbonyl (C=O) groups is 1. The first-order chi connectivity index (χ1) is 13.7. The highest BCUT2D eigenvalue weighted by Crippen LogP contribution is 2.32. The van der Waals surface area contributed by atoms with Gasteiger partial charge in [0.15, 0.2) is 0 Å². The summed E-state index contributed by atoms with van der Waals surface area (Å²) < 4.78 is 0. The number of hydrogen-bond donors (Lipinski definition) is 2. The lowest BCUT2D eigenvalue weighted by atomic mass is 9.95. The number of hydrogen-bond acceptors (Lipinski definition) is 5. The van der Waals surface area contributed by atoms with Gasteiger partial charge in [-0.2, -0.15) is 0 Å². The molecule has 5 nitrogen and oxygen atoms in total. The maximum atomic E-state index is 13.5. The lowest BCUT2D eigenvalue weighted by Crippen LogP contribution is -2.10. The highest BCUT2D eigenvalue weighted by atomic mass is 16.1. The number of ketones is 1. The molecule has 0 aliphatic carbocycles. The van der Waals surface area contributed by atoms with Gasteiger partial charge in [0, 0.05) is 46.0 Å². The molecule has 0 fully saturated rings. The SMILES string of the molecule is Nc1ccccc1-c1cccnc1C(=O)c1ncccc1-c1ccccc1N. The fourth-order valence-corrected chi connectivity index (χ4v) is 3.20. The Bertz CT molecular complexity index is 1080. The lowest BCUT2D eigenvalue weighted by Gasteiger charge is -2.13. The summed E-state index contributed by atoms with van der Waals surface area (Å²) in [5.41, 5.74) is 16.9. The minimum Gasteiger partial charge on any atom is -0.398 e. The molecule has 0 radical (unpaired) electrons. The maximum absolute atomic E-state index is 13.5. The van der Waals surface area contributed by atoms with E-state index in [0.717, 1.165) is 11.1 Å². The lowest BCUT2D eigenvalue weighted by molar-refractivity contribution is 0.103. The van der Waals surface area contributed by atoms with Crippen LogP contribution in [0.2, 0.25) is 0 Å². The molecule has 4 N–H and O–H groups in total. The van der Waals surface area contributed by atoms with Crippen LogP contribution in [0.5, 0.6) is 0 Å². The Morgan fingerprint density at radius 1 is 0.571 bits per heavy atom. The number of benzene rings is 2. The number of aromatic nitrogens is 2. The van der Waals surface area contributed by atoms with Crippen LogP contribution in [0, 0.1) is 0 Å². The van der Waals surface area contributed by atoms with E-state index < -0.39 is 0 Å². The number of nitrogens with two attached hydrogens (primary N) is 2. The Balaban J connectivity index is 1.88. The fourth-order valence-electron chi connectivity index (χ4n) is 3.20. The number of carbonyl (C=O) groups excluding carboxylic acids is 1. The van der Waals surface area contributed by atoms with Gasteiger partial charge >= 0.3 is 0 Å². The third kappa shape index (κ3) is 3.10. The van der Waals surface area contributed by atoms with E-state index in [2.05, 4.69) is 9.97 Å². The summed E-state index contributed by atoms with van der Waals surface area (Å²) in [6.45, 7) is 0. The normalized spacial score (nSPS) is 10.6. The van der Waals surface area contributed by atoms with Crippen molar-refractivity contribution in [1.82, 2.24) is 9.97 Å². The van der Waals surface area contributed by atoms with E-state index >= 15 is 0 Å². The van der Waals surface area contributed by atoms with Crippen LogP contribution >= 0.6 is 0 Å². The van der Waals surface area contributed by atoms with E-state index in [1.165, 1.54) is 0 Å². The first-order valence-electron chi connectivity index (χ1n) is 8.81. The molecule has 5 heteroatoms. The molecular formula is C23H18N4O. The fraction of sp³-hybridized carbons (Fsp3) is 0. The van der Waals surface area contributed by atoms with Crippen molar-refractivity contribution in [3.8, 4) is 22.3 Å². The number of nitrogens with zero attached hydrogens (tertiary/aromatic N) is 2. The molecule has 0 saturated heterocycles. The second kappa shape index (κ2) is 7.32. The van der Waals surface area contributed by atoms with Crippen LogP contribution in [0.15, 0.2) is 85.2 Å². The van der Waals surface area contributed by atoms with Crippen molar-refractivity contribution in [3.05, 3.63) is 96.6 Å². The standard InChI is InChI=1S/C23H18N4O/c24-19-11-3-1-7-15(19)17-9-5-13-26-21(17)23(28)22-18(10-6-14-27-22)16-8-2-4-12-20(16)25/h1-14H,24-25H2. The molecule has 2 aromatic heterocycles. The second-order valence-electron chi connectivity index (χ2n) is 6.30. The largest absolute Gasteiger partial charge is 0.398 e. The Kier molecular flexibility index (Phi) is 4.56. The van der Waals surface area contributed by atoms with Gasteiger partial charge in [0.25, 0.3) is 0 Å². The number of para-hydroxylation sites is 2. The quantitative estimate of drug-likeness (QED) is 0.417. The van der Waals surface area contributed by atoms with Gasteiger partial charge in [0.05, 0.1) is 0 Å². The van der Waals surface area contributed by atoms with Crippen molar-refractivity contribution in [1.29, 1.82) is 0 Å². The van der Waals surface area contributed by atoms with Crippen molar-refractivity contribution >= 4 is 17.2 Å². The van der Waals surface area contributed by atoms with Gasteiger partial charge in [-0.15, -0.1) is 0 Å². The maximum Gasteiger partial charge on any atom is 0.230 e. The smallest absolute Gasteiger partial charge is 0.230 e. The molecule has 0 atom stereocenters. The Morgan fingerprint density at radius 3 is 1.39 bits per heavy atom. The molecule has 0 aliphatic rings. The zero-order chi connectivity index (χ0) is 19.5. The predicted molar refractivity (Wildman–Crippen MR) is 112 cm³/mol. The molecule has 0 bridgehead atoms. The molecule has 4 rings (SSSR count). The van der Waals surface area contributed by atoms with Gasteiger partial charge in [-0.25, -0.2) is 0 Å². The van der Waals surface area contributed by atoms with E-state index in [1.807, 2.05) is 48.5 Å². The molecule has 0 unspecified atom stereocenters. The van der Waals surface area contributed by atoms with Crippen molar-refractivity contribution < 1.29 is 4.79 Å². The third-order valence-corrected chi connectivity index (χ3v) is 4.55. The Hall–Kier alpha value is -3.99. The van der Waals surface area contributed by atoms with E-state index in [-0.39, 0.29) is 5.78 Å². The summed E-state index contributed by atoms with van der Waals surface area (Å²) in [6.07, 6.45) is 3.19. The summed E-state index contributed by atoms with van der Waals surface area (Å²) in [5, 5.41) is 0. The molecule has 136 valence electrons. The van der Waals surface area contributed by atoms with E-state index in [1.54, 1.807) is 36.7 Å². The number of pyridine rings is 2. The van der Waals surface area contributed by atoms with Gasteiger partial charge in [-0.05, 0) is 24.3 Å². The third-order valence-electron chi connectivity index (χ3n) is 4.55. The minimum atomic E-state index is -0.280. The molecule has 2 heterocycles. The van der Waals surface area contributed by atoms with E-state index in [0.29, 0.717) is 33.9 Å². The van der Waals surface area contributed by atoms with Crippen LogP contribution in [-0.4, -0.2) is 15.8 Å². The topological polar surface area (TPSA) is 94.9 Å². The molecule has 0 saturated carbocycles. The molecule has 0 amide bonds. The zero-order valence-corrected chi connectivity index (χ0v) is 15.0. The van der Waals surface area contributed by atoms with Crippen LogP contribution < -0.4 is 11.5 Å². The van der Waals surface area contributed by atoms with Crippen LogP contribution in [0.1, 0.15) is 16.2 Å². The summed E-state index contributed by atoms with van der Waals surface area (Å²) in [6, 6.07) is 22.1. The molecule has 28 heavy (non-hydrogen) atoms. The van der Waals surface area contributed by atoms with E-state index in [9.17, 15) is 4.79 Å². The highest BCUT2D eigenvalue weighted by Gasteiger charge is 2.22. The molecule has 0 spiro atoms. The Morgan fingerprint density at radius 2 is 0.964 bits per heavy atom. The van der Waals surface area contributed by atoms with E-state index in [4.69, 9.17) is 11.5 Å². The molecule has 0 aliphatic heterocycles. The number of rotatable bonds is 4.